The van der Waals surface area contributed by atoms with Gasteiger partial charge >= 0.3 is 0 Å². The van der Waals surface area contributed by atoms with Gasteiger partial charge in [-0.2, -0.15) is 0 Å². The molecule has 0 aromatic carbocycles. The van der Waals surface area contributed by atoms with Crippen LogP contribution in [-0.2, 0) is 0 Å². The Morgan fingerprint density at radius 1 is 0.351 bits per heavy atom. The van der Waals surface area contributed by atoms with Crippen molar-refractivity contribution in [1.29, 1.82) is 0 Å². The van der Waals surface area contributed by atoms with E-state index in [0.29, 0.717) is 6.17 Å². The predicted molar refractivity (Wildman–Crippen MR) is 168 cm³/mol. The van der Waals surface area contributed by atoms with E-state index in [1.165, 1.54) is 186 Å². The van der Waals surface area contributed by atoms with Crippen LogP contribution in [0.15, 0.2) is 12.4 Å². The van der Waals surface area contributed by atoms with Crippen molar-refractivity contribution in [3.63, 3.8) is 0 Å². The van der Waals surface area contributed by atoms with Gasteiger partial charge in [0.2, 0.25) is 0 Å². The van der Waals surface area contributed by atoms with Crippen LogP contribution in [0.4, 0.5) is 0 Å². The van der Waals surface area contributed by atoms with Gasteiger partial charge in [0.1, 0.15) is 6.17 Å². The maximum Gasteiger partial charge on any atom is 0.101 e. The van der Waals surface area contributed by atoms with Gasteiger partial charge in [0.05, 0.1) is 0 Å². The molecule has 220 valence electrons. The highest BCUT2D eigenvalue weighted by Crippen LogP contribution is 2.24. The minimum Gasteiger partial charge on any atom is -0.356 e. The third-order valence-electron chi connectivity index (χ3n) is 8.57. The molecule has 0 fully saturated rings. The van der Waals surface area contributed by atoms with Gasteiger partial charge in [0.15, 0.2) is 0 Å². The van der Waals surface area contributed by atoms with Crippen LogP contribution in [0.3, 0.4) is 0 Å². The lowest BCUT2D eigenvalue weighted by molar-refractivity contribution is 0.135. The summed E-state index contributed by atoms with van der Waals surface area (Å²) in [6.45, 7) is 9.45. The molecule has 0 aromatic rings. The standard InChI is InChI=1S/C35H70N2/c1-4-7-10-12-14-16-17-18-19-20-21-22-23-25-27-30-35-36(31-28-9-6-3)33-34-37(35)32-29-26-24-15-13-11-8-5-2/h33-35H,4-32H2,1-3H3. The van der Waals surface area contributed by atoms with Crippen LogP contribution in [0.25, 0.3) is 0 Å². The van der Waals surface area contributed by atoms with E-state index in [0.717, 1.165) is 0 Å². The molecule has 1 unspecified atom stereocenters. The fourth-order valence-corrected chi connectivity index (χ4v) is 6.01. The van der Waals surface area contributed by atoms with E-state index < -0.39 is 0 Å². The molecule has 1 heterocycles. The summed E-state index contributed by atoms with van der Waals surface area (Å²) in [6, 6.07) is 0. The van der Waals surface area contributed by atoms with Crippen molar-refractivity contribution >= 4 is 0 Å². The van der Waals surface area contributed by atoms with Gasteiger partial charge in [-0.25, -0.2) is 0 Å². The minimum atomic E-state index is 0.642. The summed E-state index contributed by atoms with van der Waals surface area (Å²) >= 11 is 0. The van der Waals surface area contributed by atoms with Crippen molar-refractivity contribution in [1.82, 2.24) is 9.80 Å². The van der Waals surface area contributed by atoms with Crippen LogP contribution >= 0.6 is 0 Å². The van der Waals surface area contributed by atoms with Crippen molar-refractivity contribution in [3.05, 3.63) is 12.4 Å². The first-order valence-electron chi connectivity index (χ1n) is 17.5. The minimum absolute atomic E-state index is 0.642. The summed E-state index contributed by atoms with van der Waals surface area (Å²) in [4.78, 5) is 5.36. The maximum absolute atomic E-state index is 2.69. The van der Waals surface area contributed by atoms with E-state index in [9.17, 15) is 0 Å². The van der Waals surface area contributed by atoms with Crippen molar-refractivity contribution < 1.29 is 0 Å². The maximum atomic E-state index is 2.69. The number of rotatable bonds is 29. The lowest BCUT2D eigenvalue weighted by atomic mass is 10.0. The monoisotopic (exact) mass is 519 g/mol. The largest absolute Gasteiger partial charge is 0.356 e. The molecule has 0 spiro atoms. The Hall–Kier alpha value is -0.660. The predicted octanol–water partition coefficient (Wildman–Crippen LogP) is 12.0. The van der Waals surface area contributed by atoms with Gasteiger partial charge in [-0.15, -0.1) is 0 Å². The average Bonchev–Trinajstić information content (AvgIpc) is 3.29. The summed E-state index contributed by atoms with van der Waals surface area (Å²) in [6.07, 6.45) is 44.0. The molecule has 0 amide bonds. The van der Waals surface area contributed by atoms with Crippen molar-refractivity contribution in [3.8, 4) is 0 Å². The van der Waals surface area contributed by atoms with Crippen molar-refractivity contribution in [2.45, 2.75) is 200 Å². The first kappa shape index (κ1) is 34.4. The Balaban J connectivity index is 2.09. The van der Waals surface area contributed by atoms with E-state index in [-0.39, 0.29) is 0 Å². The SMILES string of the molecule is CCCCCCCCCCCCCCCCCC1N(CCCCC)C=CN1CCCCCCCCCC. The summed E-state index contributed by atoms with van der Waals surface area (Å²) in [7, 11) is 0. The molecule has 2 nitrogen and oxygen atoms in total. The Morgan fingerprint density at radius 3 is 1.00 bits per heavy atom. The van der Waals surface area contributed by atoms with Gasteiger partial charge in [0.25, 0.3) is 0 Å². The zero-order valence-electron chi connectivity index (χ0n) is 26.1. The fraction of sp³-hybridized carbons (Fsp3) is 0.943. The molecule has 2 heteroatoms. The second-order valence-corrected chi connectivity index (χ2v) is 12.2. The zero-order valence-corrected chi connectivity index (χ0v) is 26.1. The molecule has 1 rings (SSSR count). The summed E-state index contributed by atoms with van der Waals surface area (Å²) in [5.74, 6) is 0. The van der Waals surface area contributed by atoms with Gasteiger partial charge in [0, 0.05) is 25.5 Å². The summed E-state index contributed by atoms with van der Waals surface area (Å²) in [5.41, 5.74) is 0. The Morgan fingerprint density at radius 2 is 0.622 bits per heavy atom. The molecule has 0 N–H and O–H groups in total. The molecule has 0 saturated heterocycles. The van der Waals surface area contributed by atoms with Gasteiger partial charge in [-0.3, -0.25) is 0 Å². The zero-order chi connectivity index (χ0) is 26.7. The molecule has 0 aromatic heterocycles. The van der Waals surface area contributed by atoms with Crippen molar-refractivity contribution in [2.24, 2.45) is 0 Å². The first-order chi connectivity index (χ1) is 18.3. The van der Waals surface area contributed by atoms with Crippen LogP contribution in [-0.4, -0.2) is 29.1 Å². The van der Waals surface area contributed by atoms with E-state index in [1.807, 2.05) is 0 Å². The molecule has 0 saturated carbocycles. The Bertz CT molecular complexity index is 474. The molecule has 0 bridgehead atoms. The second kappa shape index (κ2) is 26.9. The van der Waals surface area contributed by atoms with Crippen LogP contribution in [0.1, 0.15) is 194 Å². The number of hydrogen-bond acceptors (Lipinski definition) is 2. The van der Waals surface area contributed by atoms with E-state index in [2.05, 4.69) is 43.0 Å². The molecular weight excluding hydrogens is 448 g/mol. The smallest absolute Gasteiger partial charge is 0.101 e. The van der Waals surface area contributed by atoms with E-state index in [4.69, 9.17) is 0 Å². The molecular formula is C35H70N2. The van der Waals surface area contributed by atoms with E-state index >= 15 is 0 Å². The summed E-state index contributed by atoms with van der Waals surface area (Å²) < 4.78 is 0. The van der Waals surface area contributed by atoms with E-state index in [1.54, 1.807) is 0 Å². The molecule has 37 heavy (non-hydrogen) atoms. The molecule has 1 aliphatic heterocycles. The van der Waals surface area contributed by atoms with Crippen LogP contribution < -0.4 is 0 Å². The first-order valence-corrected chi connectivity index (χ1v) is 17.5. The lowest BCUT2D eigenvalue weighted by Gasteiger charge is -2.33. The van der Waals surface area contributed by atoms with Gasteiger partial charge in [-0.1, -0.05) is 168 Å². The Labute approximate surface area is 235 Å². The average molecular weight is 519 g/mol. The highest BCUT2D eigenvalue weighted by Gasteiger charge is 2.24. The van der Waals surface area contributed by atoms with Gasteiger partial charge in [-0.05, 0) is 25.7 Å². The van der Waals surface area contributed by atoms with Crippen molar-refractivity contribution in [2.75, 3.05) is 13.1 Å². The van der Waals surface area contributed by atoms with Crippen LogP contribution in [0, 0.1) is 0 Å². The third kappa shape index (κ3) is 20.0. The topological polar surface area (TPSA) is 6.48 Å². The fourth-order valence-electron chi connectivity index (χ4n) is 6.01. The lowest BCUT2D eigenvalue weighted by Crippen LogP contribution is -2.39. The highest BCUT2D eigenvalue weighted by molar-refractivity contribution is 4.97. The summed E-state index contributed by atoms with van der Waals surface area (Å²) in [5, 5.41) is 0. The molecule has 0 radical (unpaired) electrons. The number of nitrogens with zero attached hydrogens (tertiary/aromatic N) is 2. The van der Waals surface area contributed by atoms with Gasteiger partial charge < -0.3 is 9.80 Å². The number of unbranched alkanes of at least 4 members (excludes halogenated alkanes) is 23. The Kier molecular flexibility index (Phi) is 25.0. The normalized spacial score (nSPS) is 15.4. The molecule has 0 aliphatic carbocycles. The second-order valence-electron chi connectivity index (χ2n) is 12.2. The molecule has 1 atom stereocenters. The number of hydrogen-bond donors (Lipinski definition) is 0. The quantitative estimate of drug-likeness (QED) is 0.0908. The highest BCUT2D eigenvalue weighted by atomic mass is 15.4. The third-order valence-corrected chi connectivity index (χ3v) is 8.57. The molecule has 1 aliphatic rings. The van der Waals surface area contributed by atoms with Crippen LogP contribution in [0.5, 0.6) is 0 Å². The van der Waals surface area contributed by atoms with Crippen LogP contribution in [0.2, 0.25) is 0 Å².